The molecule has 0 fully saturated rings. The maximum absolute atomic E-state index is 6.26. The van der Waals surface area contributed by atoms with Crippen molar-refractivity contribution >= 4 is 8.56 Å². The Balaban J connectivity index is 6.46. The average Bonchev–Trinajstić information content (AvgIpc) is 2.79. The summed E-state index contributed by atoms with van der Waals surface area (Å²) in [5, 5.41) is 0. The van der Waals surface area contributed by atoms with E-state index in [-0.39, 0.29) is 5.41 Å². The average molecular weight is 488 g/mol. The van der Waals surface area contributed by atoms with Crippen LogP contribution < -0.4 is 0 Å². The second kappa shape index (κ2) is 19.2. The van der Waals surface area contributed by atoms with Gasteiger partial charge in [0, 0.05) is 45.3 Å². The highest BCUT2D eigenvalue weighted by atomic mass is 28.4. The van der Waals surface area contributed by atoms with Gasteiger partial charge in [0.25, 0.3) is 0 Å². The first-order valence-electron chi connectivity index (χ1n) is 14.1. The lowest BCUT2D eigenvalue weighted by atomic mass is 9.87. The summed E-state index contributed by atoms with van der Waals surface area (Å²) in [4.78, 5) is 8.23. The van der Waals surface area contributed by atoms with E-state index in [4.69, 9.17) is 8.85 Å². The zero-order valence-electron chi connectivity index (χ0n) is 24.2. The molecule has 0 amide bonds. The van der Waals surface area contributed by atoms with Crippen molar-refractivity contribution in [1.82, 2.24) is 14.7 Å². The van der Waals surface area contributed by atoms with E-state index >= 15 is 0 Å². The van der Waals surface area contributed by atoms with Crippen LogP contribution in [0.4, 0.5) is 0 Å². The van der Waals surface area contributed by atoms with E-state index in [2.05, 4.69) is 63.2 Å². The molecule has 0 saturated heterocycles. The standard InChI is InChI=1S/C27H61N3O2Si/c1-10-17-28(18-11-2)23-27(24-29(19-12-3)20-13-4,25-30(21-14-5)22-15-6)26-33(16-7,31-8)32-9/h10-26H2,1-9H3. The molecule has 0 aliphatic carbocycles. The van der Waals surface area contributed by atoms with Crippen molar-refractivity contribution in [2.75, 3.05) is 73.1 Å². The van der Waals surface area contributed by atoms with E-state index in [9.17, 15) is 0 Å². The minimum atomic E-state index is -2.27. The summed E-state index contributed by atoms with van der Waals surface area (Å²) in [5.74, 6) is 0. The van der Waals surface area contributed by atoms with Crippen molar-refractivity contribution in [3.63, 3.8) is 0 Å². The molecule has 0 heterocycles. The lowest BCUT2D eigenvalue weighted by Crippen LogP contribution is -2.57. The Morgan fingerprint density at radius 1 is 0.515 bits per heavy atom. The fourth-order valence-electron chi connectivity index (χ4n) is 5.66. The van der Waals surface area contributed by atoms with E-state index in [1.807, 2.05) is 14.2 Å². The normalized spacial score (nSPS) is 13.1. The third-order valence-corrected chi connectivity index (χ3v) is 10.7. The van der Waals surface area contributed by atoms with E-state index in [1.165, 1.54) is 77.8 Å². The summed E-state index contributed by atoms with van der Waals surface area (Å²) in [6.07, 6.45) is 7.26. The van der Waals surface area contributed by atoms with E-state index in [0.29, 0.717) is 0 Å². The van der Waals surface area contributed by atoms with Crippen molar-refractivity contribution in [3.05, 3.63) is 0 Å². The Kier molecular flexibility index (Phi) is 19.2. The van der Waals surface area contributed by atoms with Gasteiger partial charge in [0.1, 0.15) is 0 Å². The fourth-order valence-corrected chi connectivity index (χ4v) is 8.42. The number of rotatable bonds is 23. The molecular weight excluding hydrogens is 426 g/mol. The van der Waals surface area contributed by atoms with Gasteiger partial charge in [-0.2, -0.15) is 0 Å². The number of hydrogen-bond donors (Lipinski definition) is 0. The lowest BCUT2D eigenvalue weighted by molar-refractivity contribution is 0.0558. The van der Waals surface area contributed by atoms with Crippen LogP contribution in [0.1, 0.15) is 87.0 Å². The third-order valence-electron chi connectivity index (χ3n) is 6.84. The largest absolute Gasteiger partial charge is 0.398 e. The minimum absolute atomic E-state index is 0.146. The molecule has 0 aromatic carbocycles. The van der Waals surface area contributed by atoms with E-state index in [1.54, 1.807) is 0 Å². The highest BCUT2D eigenvalue weighted by Crippen LogP contribution is 2.36. The molecule has 0 atom stereocenters. The van der Waals surface area contributed by atoms with Crippen LogP contribution in [-0.2, 0) is 8.85 Å². The molecule has 0 N–H and O–H groups in total. The lowest BCUT2D eigenvalue weighted by Gasteiger charge is -2.47. The smallest absolute Gasteiger partial charge is 0.338 e. The molecule has 0 aliphatic heterocycles. The SMILES string of the molecule is CCCN(CCC)CC(CN(CCC)CCC)(CN(CCC)CCC)C[Si](CC)(OC)OC. The molecule has 5 nitrogen and oxygen atoms in total. The number of hydrogen-bond acceptors (Lipinski definition) is 5. The van der Waals surface area contributed by atoms with Gasteiger partial charge in [0.05, 0.1) is 0 Å². The zero-order chi connectivity index (χ0) is 25.2. The van der Waals surface area contributed by atoms with Crippen molar-refractivity contribution in [2.45, 2.75) is 99.1 Å². The van der Waals surface area contributed by atoms with Crippen molar-refractivity contribution < 1.29 is 8.85 Å². The second-order valence-electron chi connectivity index (χ2n) is 10.2. The fraction of sp³-hybridized carbons (Fsp3) is 1.00. The minimum Gasteiger partial charge on any atom is -0.398 e. The summed E-state index contributed by atoms with van der Waals surface area (Å²) >= 11 is 0. The van der Waals surface area contributed by atoms with Crippen LogP contribution >= 0.6 is 0 Å². The molecule has 33 heavy (non-hydrogen) atoms. The van der Waals surface area contributed by atoms with Crippen molar-refractivity contribution in [3.8, 4) is 0 Å². The van der Waals surface area contributed by atoms with Gasteiger partial charge < -0.3 is 23.6 Å². The van der Waals surface area contributed by atoms with Gasteiger partial charge in [0.2, 0.25) is 0 Å². The molecule has 0 radical (unpaired) electrons. The maximum atomic E-state index is 6.26. The maximum Gasteiger partial charge on any atom is 0.338 e. The predicted molar refractivity (Wildman–Crippen MR) is 149 cm³/mol. The van der Waals surface area contributed by atoms with Crippen LogP contribution in [0.3, 0.4) is 0 Å². The molecule has 6 heteroatoms. The Hall–Kier alpha value is 0.0169. The van der Waals surface area contributed by atoms with Crippen LogP contribution in [-0.4, -0.2) is 96.4 Å². The van der Waals surface area contributed by atoms with Gasteiger partial charge in [-0.3, -0.25) is 0 Å². The quantitative estimate of drug-likeness (QED) is 0.163. The highest BCUT2D eigenvalue weighted by molar-refractivity contribution is 6.67. The van der Waals surface area contributed by atoms with Crippen LogP contribution in [0.15, 0.2) is 0 Å². The zero-order valence-corrected chi connectivity index (χ0v) is 25.2. The molecule has 0 spiro atoms. The van der Waals surface area contributed by atoms with Crippen LogP contribution in [0.25, 0.3) is 0 Å². The molecular formula is C27H61N3O2Si. The van der Waals surface area contributed by atoms with Gasteiger partial charge in [-0.05, 0) is 83.8 Å². The third kappa shape index (κ3) is 12.5. The van der Waals surface area contributed by atoms with Gasteiger partial charge >= 0.3 is 8.56 Å². The molecule has 0 unspecified atom stereocenters. The van der Waals surface area contributed by atoms with Crippen molar-refractivity contribution in [2.24, 2.45) is 5.41 Å². The van der Waals surface area contributed by atoms with Gasteiger partial charge in [-0.1, -0.05) is 48.5 Å². The summed E-state index contributed by atoms with van der Waals surface area (Å²) < 4.78 is 12.5. The summed E-state index contributed by atoms with van der Waals surface area (Å²) in [7, 11) is 1.52. The van der Waals surface area contributed by atoms with Crippen molar-refractivity contribution in [1.29, 1.82) is 0 Å². The second-order valence-corrected chi connectivity index (χ2v) is 13.9. The number of nitrogens with zero attached hydrogens (tertiary/aromatic N) is 3. The van der Waals surface area contributed by atoms with Gasteiger partial charge in [0.15, 0.2) is 0 Å². The molecule has 200 valence electrons. The van der Waals surface area contributed by atoms with Gasteiger partial charge in [-0.15, -0.1) is 0 Å². The first-order chi connectivity index (χ1) is 15.9. The molecule has 0 rings (SSSR count). The van der Waals surface area contributed by atoms with Crippen LogP contribution in [0.5, 0.6) is 0 Å². The first kappa shape index (κ1) is 33.0. The molecule has 0 bridgehead atoms. The van der Waals surface area contributed by atoms with Gasteiger partial charge in [-0.25, -0.2) is 0 Å². The van der Waals surface area contributed by atoms with E-state index < -0.39 is 8.56 Å². The molecule has 0 aromatic rings. The molecule has 0 aromatic heterocycles. The Labute approximate surface area is 209 Å². The topological polar surface area (TPSA) is 28.2 Å². The summed E-state index contributed by atoms with van der Waals surface area (Å²) in [6.45, 7) is 26.7. The Morgan fingerprint density at radius 3 is 0.970 bits per heavy atom. The molecule has 0 aliphatic rings. The van der Waals surface area contributed by atoms with Crippen LogP contribution in [0, 0.1) is 5.41 Å². The summed E-state index contributed by atoms with van der Waals surface area (Å²) in [5.41, 5.74) is 0.146. The Bertz CT molecular complexity index is 377. The van der Waals surface area contributed by atoms with E-state index in [0.717, 1.165) is 31.7 Å². The Morgan fingerprint density at radius 2 is 0.788 bits per heavy atom. The predicted octanol–water partition coefficient (Wildman–Crippen LogP) is 6.09. The monoisotopic (exact) mass is 487 g/mol. The van der Waals surface area contributed by atoms with Crippen LogP contribution in [0.2, 0.25) is 12.1 Å². The summed E-state index contributed by atoms with van der Waals surface area (Å²) in [6, 6.07) is 2.08. The molecule has 0 saturated carbocycles. The first-order valence-corrected chi connectivity index (χ1v) is 16.4. The highest BCUT2D eigenvalue weighted by Gasteiger charge is 2.46.